The molecule has 0 aliphatic carbocycles. The Kier molecular flexibility index (Phi) is 9.62. The lowest BCUT2D eigenvalue weighted by molar-refractivity contribution is -0.134. The van der Waals surface area contributed by atoms with Crippen molar-refractivity contribution in [3.63, 3.8) is 0 Å². The highest BCUT2D eigenvalue weighted by Gasteiger charge is 2.33. The van der Waals surface area contributed by atoms with Crippen LogP contribution in [0.2, 0.25) is 0 Å². The fraction of sp³-hybridized carbons (Fsp3) is 0.379. The van der Waals surface area contributed by atoms with Crippen LogP contribution in [-0.4, -0.2) is 73.4 Å². The van der Waals surface area contributed by atoms with Crippen molar-refractivity contribution < 1.29 is 27.9 Å². The minimum absolute atomic E-state index is 0.00480. The van der Waals surface area contributed by atoms with Gasteiger partial charge in [-0.25, -0.2) is 8.42 Å². The van der Waals surface area contributed by atoms with Gasteiger partial charge in [-0.2, -0.15) is 4.31 Å². The van der Waals surface area contributed by atoms with E-state index < -0.39 is 22.2 Å². The van der Waals surface area contributed by atoms with Crippen molar-refractivity contribution in [3.05, 3.63) is 77.2 Å². The van der Waals surface area contributed by atoms with Crippen LogP contribution in [0.1, 0.15) is 25.0 Å². The fourth-order valence-electron chi connectivity index (χ4n) is 4.63. The van der Waals surface area contributed by atoms with Gasteiger partial charge in [-0.1, -0.05) is 43.3 Å². The Morgan fingerprint density at radius 3 is 2.62 bits per heavy atom. The molecule has 2 aromatic carbocycles. The number of fused-ring (bicyclic) bond motifs is 1. The predicted octanol–water partition coefficient (Wildman–Crippen LogP) is 3.40. The molecule has 3 atom stereocenters. The summed E-state index contributed by atoms with van der Waals surface area (Å²) < 4.78 is 34.2. The van der Waals surface area contributed by atoms with Crippen molar-refractivity contribution in [1.82, 2.24) is 9.21 Å². The van der Waals surface area contributed by atoms with Crippen LogP contribution in [0.3, 0.4) is 0 Å². The van der Waals surface area contributed by atoms with Crippen molar-refractivity contribution in [3.8, 4) is 5.75 Å². The number of nitrogens with one attached hydrogen (secondary N) is 1. The molecule has 2 amide bonds. The van der Waals surface area contributed by atoms with Gasteiger partial charge in [0.1, 0.15) is 16.1 Å². The highest BCUT2D eigenvalue weighted by molar-refractivity contribution is 7.91. The number of amides is 2. The molecule has 40 heavy (non-hydrogen) atoms. The van der Waals surface area contributed by atoms with E-state index in [0.717, 1.165) is 16.9 Å². The Bertz CT molecular complexity index is 1410. The third kappa shape index (κ3) is 7.08. The van der Waals surface area contributed by atoms with Gasteiger partial charge in [0.15, 0.2) is 0 Å². The average molecular weight is 586 g/mol. The van der Waals surface area contributed by atoms with Crippen LogP contribution in [0.5, 0.6) is 5.75 Å². The molecule has 0 spiro atoms. The van der Waals surface area contributed by atoms with Crippen LogP contribution in [0.25, 0.3) is 0 Å². The number of thiophene rings is 1. The van der Waals surface area contributed by atoms with Gasteiger partial charge >= 0.3 is 0 Å². The molecule has 0 unspecified atom stereocenters. The first-order chi connectivity index (χ1) is 19.1. The van der Waals surface area contributed by atoms with E-state index in [1.165, 1.54) is 11.4 Å². The Morgan fingerprint density at radius 2 is 1.95 bits per heavy atom. The first kappa shape index (κ1) is 29.7. The second-order valence-electron chi connectivity index (χ2n) is 10.1. The Balaban J connectivity index is 1.61. The van der Waals surface area contributed by atoms with E-state index in [2.05, 4.69) is 5.32 Å². The maximum absolute atomic E-state index is 13.4. The van der Waals surface area contributed by atoms with Crippen molar-refractivity contribution in [1.29, 1.82) is 0 Å². The van der Waals surface area contributed by atoms with Gasteiger partial charge in [-0.05, 0) is 42.1 Å². The molecule has 0 bridgehead atoms. The van der Waals surface area contributed by atoms with Gasteiger partial charge in [0.25, 0.3) is 10.0 Å². The molecular formula is C29H35N3O6S2. The number of likely N-dealkylation sites (N-methyl/N-ethyl adjacent to an activating group) is 1. The number of nitrogens with zero attached hydrogens (tertiary/aromatic N) is 2. The van der Waals surface area contributed by atoms with Gasteiger partial charge in [-0.3, -0.25) is 9.59 Å². The Morgan fingerprint density at radius 1 is 1.20 bits per heavy atom. The molecule has 0 saturated carbocycles. The lowest BCUT2D eigenvalue weighted by Crippen LogP contribution is -2.48. The second kappa shape index (κ2) is 12.9. The van der Waals surface area contributed by atoms with E-state index in [1.807, 2.05) is 37.3 Å². The molecule has 0 fully saturated rings. The zero-order valence-corrected chi connectivity index (χ0v) is 24.5. The molecule has 1 aliphatic heterocycles. The van der Waals surface area contributed by atoms with Gasteiger partial charge in [0.05, 0.1) is 32.0 Å². The maximum Gasteiger partial charge on any atom is 0.252 e. The van der Waals surface area contributed by atoms with Crippen molar-refractivity contribution in [2.45, 2.75) is 43.0 Å². The van der Waals surface area contributed by atoms with Crippen LogP contribution < -0.4 is 10.1 Å². The number of carbonyl (C=O) groups excluding carboxylic acids is 2. The summed E-state index contributed by atoms with van der Waals surface area (Å²) in [6, 6.07) is 17.4. The summed E-state index contributed by atoms with van der Waals surface area (Å²) in [6.07, 6.45) is -0.374. The maximum atomic E-state index is 13.4. The number of aliphatic hydroxyl groups is 1. The van der Waals surface area contributed by atoms with Gasteiger partial charge in [-0.15, -0.1) is 11.3 Å². The number of hydrogen-bond donors (Lipinski definition) is 2. The zero-order chi connectivity index (χ0) is 28.9. The standard InChI is InChI=1S/C29H35N3O6S2/c1-20-17-32(21(2)19-33)28(35)16-23-15-24(30-27(34)14-22-8-5-4-6-9-22)11-12-25(23)38-26(20)18-31(3)40(36,37)29-10-7-13-39-29/h4-13,15,20-21,26,33H,14,16-19H2,1-3H3,(H,30,34)/t20-,21-,26-/m1/s1. The first-order valence-corrected chi connectivity index (χ1v) is 15.4. The van der Waals surface area contributed by atoms with Crippen LogP contribution in [-0.2, 0) is 32.5 Å². The summed E-state index contributed by atoms with van der Waals surface area (Å²) in [5.41, 5.74) is 1.98. The van der Waals surface area contributed by atoms with Crippen molar-refractivity contribution in [2.24, 2.45) is 5.92 Å². The molecule has 0 saturated heterocycles. The number of benzene rings is 2. The van der Waals surface area contributed by atoms with Crippen LogP contribution >= 0.6 is 11.3 Å². The quantitative estimate of drug-likeness (QED) is 0.398. The molecule has 4 rings (SSSR count). The van der Waals surface area contributed by atoms with Gasteiger partial charge in [0.2, 0.25) is 11.8 Å². The summed E-state index contributed by atoms with van der Waals surface area (Å²) in [5, 5.41) is 14.5. The molecule has 2 heterocycles. The number of rotatable bonds is 9. The number of ether oxygens (including phenoxy) is 1. The molecule has 0 radical (unpaired) electrons. The smallest absolute Gasteiger partial charge is 0.252 e. The van der Waals surface area contributed by atoms with E-state index >= 15 is 0 Å². The first-order valence-electron chi connectivity index (χ1n) is 13.1. The summed E-state index contributed by atoms with van der Waals surface area (Å²) in [5.74, 6) is -0.183. The highest BCUT2D eigenvalue weighted by Crippen LogP contribution is 2.30. The summed E-state index contributed by atoms with van der Waals surface area (Å²) >= 11 is 1.15. The highest BCUT2D eigenvalue weighted by atomic mass is 32.2. The number of hydrogen-bond acceptors (Lipinski definition) is 7. The minimum Gasteiger partial charge on any atom is -0.488 e. The van der Waals surface area contributed by atoms with Crippen LogP contribution in [0.15, 0.2) is 70.3 Å². The number of aliphatic hydroxyl groups excluding tert-OH is 1. The lowest BCUT2D eigenvalue weighted by atomic mass is 10.0. The molecule has 2 N–H and O–H groups in total. The third-order valence-electron chi connectivity index (χ3n) is 7.00. The normalized spacial score (nSPS) is 18.7. The summed E-state index contributed by atoms with van der Waals surface area (Å²) in [7, 11) is -2.20. The number of anilines is 1. The molecule has 214 valence electrons. The minimum atomic E-state index is -3.71. The average Bonchev–Trinajstić information content (AvgIpc) is 3.49. The largest absolute Gasteiger partial charge is 0.488 e. The molecular weight excluding hydrogens is 550 g/mol. The van der Waals surface area contributed by atoms with E-state index in [-0.39, 0.29) is 54.5 Å². The van der Waals surface area contributed by atoms with Gasteiger partial charge in [0, 0.05) is 30.8 Å². The van der Waals surface area contributed by atoms with E-state index in [4.69, 9.17) is 4.74 Å². The molecule has 1 aliphatic rings. The fourth-order valence-corrected chi connectivity index (χ4v) is 7.01. The lowest BCUT2D eigenvalue weighted by Gasteiger charge is -2.33. The molecule has 11 heteroatoms. The third-order valence-corrected chi connectivity index (χ3v) is 10.2. The Hall–Kier alpha value is -3.25. The Labute approximate surface area is 239 Å². The summed E-state index contributed by atoms with van der Waals surface area (Å²) in [4.78, 5) is 27.7. The van der Waals surface area contributed by atoms with Crippen molar-refractivity contribution in [2.75, 3.05) is 32.1 Å². The monoisotopic (exact) mass is 585 g/mol. The van der Waals surface area contributed by atoms with Crippen molar-refractivity contribution >= 4 is 38.9 Å². The second-order valence-corrected chi connectivity index (χ2v) is 13.4. The zero-order valence-electron chi connectivity index (χ0n) is 22.8. The predicted molar refractivity (Wildman–Crippen MR) is 155 cm³/mol. The number of sulfonamides is 1. The van der Waals surface area contributed by atoms with E-state index in [0.29, 0.717) is 17.0 Å². The van der Waals surface area contributed by atoms with Crippen LogP contribution in [0, 0.1) is 5.92 Å². The molecule has 9 nitrogen and oxygen atoms in total. The SMILES string of the molecule is C[C@@H]1CN([C@H](C)CO)C(=O)Cc2cc(NC(=O)Cc3ccccc3)ccc2O[C@@H]1CN(C)S(=O)(=O)c1cccs1. The van der Waals surface area contributed by atoms with Gasteiger partial charge < -0.3 is 20.1 Å². The van der Waals surface area contributed by atoms with E-state index in [9.17, 15) is 23.1 Å². The van der Waals surface area contributed by atoms with Crippen LogP contribution in [0.4, 0.5) is 5.69 Å². The summed E-state index contributed by atoms with van der Waals surface area (Å²) in [6.45, 7) is 3.81. The molecule has 3 aromatic rings. The van der Waals surface area contributed by atoms with E-state index in [1.54, 1.807) is 47.5 Å². The molecule has 1 aromatic heterocycles. The number of carbonyl (C=O) groups is 2. The topological polar surface area (TPSA) is 116 Å².